The molecule has 1 aromatic heterocycles. The second-order valence-electron chi connectivity index (χ2n) is 4.56. The minimum Gasteiger partial charge on any atom is -0.388 e. The van der Waals surface area contributed by atoms with Crippen LogP contribution in [0.3, 0.4) is 0 Å². The van der Waals surface area contributed by atoms with Crippen LogP contribution in [0.1, 0.15) is 12.5 Å². The molecule has 1 heterocycles. The minimum absolute atomic E-state index is 0.594. The molecule has 0 aliphatic rings. The number of rotatable bonds is 6. The van der Waals surface area contributed by atoms with Crippen molar-refractivity contribution in [2.24, 2.45) is 0 Å². The molecule has 0 radical (unpaired) electrons. The van der Waals surface area contributed by atoms with Crippen LogP contribution in [0.15, 0.2) is 18.5 Å². The van der Waals surface area contributed by atoms with E-state index in [0.717, 1.165) is 6.54 Å². The number of aliphatic hydroxyl groups is 1. The quantitative estimate of drug-likeness (QED) is 0.639. The summed E-state index contributed by atoms with van der Waals surface area (Å²) in [5.74, 6) is 0. The van der Waals surface area contributed by atoms with Crippen molar-refractivity contribution in [3.05, 3.63) is 24.0 Å². The van der Waals surface area contributed by atoms with Crippen LogP contribution in [-0.2, 0) is 6.54 Å². The van der Waals surface area contributed by atoms with Crippen molar-refractivity contribution >= 4 is 0 Å². The zero-order valence-corrected chi connectivity index (χ0v) is 9.75. The Morgan fingerprint density at radius 3 is 2.80 bits per heavy atom. The lowest BCUT2D eigenvalue weighted by Crippen LogP contribution is -2.45. The Morgan fingerprint density at radius 1 is 1.53 bits per heavy atom. The monoisotopic (exact) mass is 211 g/mol. The van der Waals surface area contributed by atoms with Crippen molar-refractivity contribution in [3.63, 3.8) is 0 Å². The van der Waals surface area contributed by atoms with Gasteiger partial charge in [0, 0.05) is 32.0 Å². The van der Waals surface area contributed by atoms with E-state index < -0.39 is 5.60 Å². The summed E-state index contributed by atoms with van der Waals surface area (Å²) in [6.45, 7) is 3.88. The first-order chi connectivity index (χ1) is 6.99. The van der Waals surface area contributed by atoms with Crippen molar-refractivity contribution < 1.29 is 5.11 Å². The number of nitrogens with one attached hydrogen (secondary N) is 2. The Kier molecular flexibility index (Phi) is 4.32. The summed E-state index contributed by atoms with van der Waals surface area (Å²) in [4.78, 5) is 4.98. The van der Waals surface area contributed by atoms with E-state index in [4.69, 9.17) is 0 Å². The Bertz CT molecular complexity index is 267. The summed E-state index contributed by atoms with van der Waals surface area (Å²) in [6.07, 6.45) is 3.85. The largest absolute Gasteiger partial charge is 0.388 e. The predicted molar refractivity (Wildman–Crippen MR) is 61.7 cm³/mol. The van der Waals surface area contributed by atoms with Crippen LogP contribution in [0.4, 0.5) is 0 Å². The van der Waals surface area contributed by atoms with Crippen LogP contribution in [0.25, 0.3) is 0 Å². The summed E-state index contributed by atoms with van der Waals surface area (Å²) in [7, 11) is 3.92. The molecule has 1 aromatic rings. The van der Waals surface area contributed by atoms with Crippen LogP contribution in [0.5, 0.6) is 0 Å². The highest BCUT2D eigenvalue weighted by Gasteiger charge is 2.20. The summed E-state index contributed by atoms with van der Waals surface area (Å²) < 4.78 is 0. The molecular formula is C11H21N3O. The Labute approximate surface area is 91.3 Å². The third kappa shape index (κ3) is 4.97. The van der Waals surface area contributed by atoms with Gasteiger partial charge in [0.25, 0.3) is 0 Å². The van der Waals surface area contributed by atoms with Gasteiger partial charge < -0.3 is 20.3 Å². The maximum absolute atomic E-state index is 10.0. The maximum Gasteiger partial charge on any atom is 0.0869 e. The average Bonchev–Trinajstić information content (AvgIpc) is 2.53. The van der Waals surface area contributed by atoms with Gasteiger partial charge in [0.2, 0.25) is 0 Å². The maximum atomic E-state index is 10.0. The number of nitrogens with zero attached hydrogens (tertiary/aromatic N) is 1. The van der Waals surface area contributed by atoms with E-state index >= 15 is 0 Å². The summed E-state index contributed by atoms with van der Waals surface area (Å²) in [5, 5.41) is 13.2. The van der Waals surface area contributed by atoms with Gasteiger partial charge in [-0.3, -0.25) is 0 Å². The van der Waals surface area contributed by atoms with Gasteiger partial charge in [-0.05, 0) is 32.6 Å². The lowest BCUT2D eigenvalue weighted by Gasteiger charge is -2.27. The fourth-order valence-corrected chi connectivity index (χ4v) is 1.68. The van der Waals surface area contributed by atoms with Crippen LogP contribution >= 0.6 is 0 Å². The van der Waals surface area contributed by atoms with Crippen molar-refractivity contribution in [1.29, 1.82) is 0 Å². The van der Waals surface area contributed by atoms with Crippen LogP contribution in [0, 0.1) is 0 Å². The zero-order chi connectivity index (χ0) is 11.3. The third-order valence-electron chi connectivity index (χ3n) is 2.15. The SMILES string of the molecule is CN(C)CC(C)(O)CNCc1cc[nH]c1. The number of aromatic amines is 1. The molecule has 4 heteroatoms. The van der Waals surface area contributed by atoms with Gasteiger partial charge in [-0.25, -0.2) is 0 Å². The van der Waals surface area contributed by atoms with Crippen molar-refractivity contribution in [2.75, 3.05) is 27.2 Å². The number of likely N-dealkylation sites (N-methyl/N-ethyl adjacent to an activating group) is 1. The molecule has 4 nitrogen and oxygen atoms in total. The highest BCUT2D eigenvalue weighted by atomic mass is 16.3. The van der Waals surface area contributed by atoms with Gasteiger partial charge in [0.15, 0.2) is 0 Å². The summed E-state index contributed by atoms with van der Waals surface area (Å²) in [5.41, 5.74) is 0.524. The van der Waals surface area contributed by atoms with Crippen LogP contribution in [0.2, 0.25) is 0 Å². The molecule has 0 amide bonds. The minimum atomic E-state index is -0.681. The zero-order valence-electron chi connectivity index (χ0n) is 9.75. The first-order valence-corrected chi connectivity index (χ1v) is 5.19. The molecule has 3 N–H and O–H groups in total. The standard InChI is InChI=1S/C11H21N3O/c1-11(15,9-14(2)3)8-13-7-10-4-5-12-6-10/h4-6,12-13,15H,7-9H2,1-3H3. The Hall–Kier alpha value is -0.840. The summed E-state index contributed by atoms with van der Waals surface area (Å²) >= 11 is 0. The average molecular weight is 211 g/mol. The normalized spacial score (nSPS) is 15.5. The third-order valence-corrected chi connectivity index (χ3v) is 2.15. The number of hydrogen-bond acceptors (Lipinski definition) is 3. The Morgan fingerprint density at radius 2 is 2.27 bits per heavy atom. The van der Waals surface area contributed by atoms with Crippen molar-refractivity contribution in [2.45, 2.75) is 19.1 Å². The van der Waals surface area contributed by atoms with E-state index in [1.807, 2.05) is 44.4 Å². The topological polar surface area (TPSA) is 51.3 Å². The van der Waals surface area contributed by atoms with E-state index in [-0.39, 0.29) is 0 Å². The molecule has 0 saturated carbocycles. The molecular weight excluding hydrogens is 190 g/mol. The second-order valence-corrected chi connectivity index (χ2v) is 4.56. The molecule has 1 rings (SSSR count). The Balaban J connectivity index is 2.24. The van der Waals surface area contributed by atoms with Gasteiger partial charge >= 0.3 is 0 Å². The van der Waals surface area contributed by atoms with Gasteiger partial charge in [-0.1, -0.05) is 0 Å². The molecule has 0 bridgehead atoms. The van der Waals surface area contributed by atoms with E-state index in [9.17, 15) is 5.11 Å². The highest BCUT2D eigenvalue weighted by Crippen LogP contribution is 2.03. The fourth-order valence-electron chi connectivity index (χ4n) is 1.68. The van der Waals surface area contributed by atoms with E-state index in [0.29, 0.717) is 13.1 Å². The lowest BCUT2D eigenvalue weighted by atomic mass is 10.1. The number of H-pyrrole nitrogens is 1. The summed E-state index contributed by atoms with van der Waals surface area (Å²) in [6, 6.07) is 2.02. The first-order valence-electron chi connectivity index (χ1n) is 5.19. The molecule has 1 unspecified atom stereocenters. The second kappa shape index (κ2) is 5.30. The molecule has 0 aliphatic heterocycles. The molecule has 0 aliphatic carbocycles. The van der Waals surface area contributed by atoms with E-state index in [1.54, 1.807) is 0 Å². The molecule has 0 aromatic carbocycles. The molecule has 86 valence electrons. The molecule has 15 heavy (non-hydrogen) atoms. The first kappa shape index (κ1) is 12.2. The van der Waals surface area contributed by atoms with E-state index in [2.05, 4.69) is 10.3 Å². The molecule has 1 atom stereocenters. The number of hydrogen-bond donors (Lipinski definition) is 3. The van der Waals surface area contributed by atoms with Gasteiger partial charge in [-0.2, -0.15) is 0 Å². The molecule has 0 spiro atoms. The fraction of sp³-hybridized carbons (Fsp3) is 0.636. The van der Waals surface area contributed by atoms with Crippen molar-refractivity contribution in [1.82, 2.24) is 15.2 Å². The van der Waals surface area contributed by atoms with Crippen LogP contribution in [-0.4, -0.2) is 47.8 Å². The van der Waals surface area contributed by atoms with Gasteiger partial charge in [0.05, 0.1) is 5.60 Å². The lowest BCUT2D eigenvalue weighted by molar-refractivity contribution is 0.0336. The number of aromatic nitrogens is 1. The molecule has 0 fully saturated rings. The smallest absolute Gasteiger partial charge is 0.0869 e. The predicted octanol–water partition coefficient (Wildman–Crippen LogP) is 0.417. The van der Waals surface area contributed by atoms with Crippen LogP contribution < -0.4 is 5.32 Å². The highest BCUT2D eigenvalue weighted by molar-refractivity contribution is 5.07. The van der Waals surface area contributed by atoms with Gasteiger partial charge in [0.1, 0.15) is 0 Å². The van der Waals surface area contributed by atoms with E-state index in [1.165, 1.54) is 5.56 Å². The van der Waals surface area contributed by atoms with Gasteiger partial charge in [-0.15, -0.1) is 0 Å². The van der Waals surface area contributed by atoms with Crippen molar-refractivity contribution in [3.8, 4) is 0 Å². The molecule has 0 saturated heterocycles.